The molecule has 0 saturated heterocycles. The lowest BCUT2D eigenvalue weighted by Crippen LogP contribution is -1.99. The first-order valence-corrected chi connectivity index (χ1v) is 7.04. The molecule has 94 valence electrons. The van der Waals surface area contributed by atoms with Crippen LogP contribution in [0.25, 0.3) is 0 Å². The topological polar surface area (TPSA) is 12.0 Å². The Hall–Kier alpha value is -1.48. The Labute approximate surface area is 111 Å². The third-order valence-electron chi connectivity index (χ3n) is 2.83. The molecule has 2 rings (SSSR count). The van der Waals surface area contributed by atoms with Gasteiger partial charge in [0.25, 0.3) is 0 Å². The summed E-state index contributed by atoms with van der Waals surface area (Å²) in [6, 6.07) is 13.6. The predicted octanol–water partition coefficient (Wildman–Crippen LogP) is 4.47. The lowest BCUT2D eigenvalue weighted by molar-refractivity contribution is 0.619. The molecular formula is C15H16FNS. The minimum Gasteiger partial charge on any atom is -0.381 e. The summed E-state index contributed by atoms with van der Waals surface area (Å²) in [6.07, 6.45) is 2.06. The summed E-state index contributed by atoms with van der Waals surface area (Å²) in [6.45, 7) is 2.47. The van der Waals surface area contributed by atoms with Crippen molar-refractivity contribution in [1.82, 2.24) is 0 Å². The van der Waals surface area contributed by atoms with Crippen LogP contribution in [0.1, 0.15) is 11.1 Å². The van der Waals surface area contributed by atoms with Crippen molar-refractivity contribution < 1.29 is 4.39 Å². The van der Waals surface area contributed by atoms with Gasteiger partial charge < -0.3 is 5.32 Å². The van der Waals surface area contributed by atoms with Crippen LogP contribution in [-0.4, -0.2) is 6.26 Å². The molecule has 3 heteroatoms. The fourth-order valence-corrected chi connectivity index (χ4v) is 2.06. The Bertz CT molecular complexity index is 523. The van der Waals surface area contributed by atoms with Crippen LogP contribution in [0.3, 0.4) is 0 Å². The molecule has 2 aromatic rings. The number of benzene rings is 2. The molecule has 0 aliphatic carbocycles. The van der Waals surface area contributed by atoms with E-state index in [1.54, 1.807) is 24.8 Å². The van der Waals surface area contributed by atoms with Gasteiger partial charge in [-0.15, -0.1) is 11.8 Å². The molecule has 0 aromatic heterocycles. The summed E-state index contributed by atoms with van der Waals surface area (Å²) in [5.41, 5.74) is 2.67. The van der Waals surface area contributed by atoms with E-state index < -0.39 is 0 Å². The normalized spacial score (nSPS) is 10.4. The molecule has 0 saturated carbocycles. The van der Waals surface area contributed by atoms with Crippen LogP contribution in [0, 0.1) is 12.7 Å². The van der Waals surface area contributed by atoms with E-state index in [0.29, 0.717) is 12.1 Å². The van der Waals surface area contributed by atoms with Gasteiger partial charge in [-0.2, -0.15) is 0 Å². The molecule has 0 aliphatic rings. The molecular weight excluding hydrogens is 245 g/mol. The summed E-state index contributed by atoms with van der Waals surface area (Å²) < 4.78 is 13.4. The first kappa shape index (κ1) is 13.0. The highest BCUT2D eigenvalue weighted by atomic mass is 32.2. The van der Waals surface area contributed by atoms with Crippen molar-refractivity contribution in [3.05, 3.63) is 59.4 Å². The van der Waals surface area contributed by atoms with Gasteiger partial charge in [0.1, 0.15) is 5.82 Å². The summed E-state index contributed by atoms with van der Waals surface area (Å²) in [5, 5.41) is 3.22. The molecule has 2 aromatic carbocycles. The number of thioether (sulfide) groups is 1. The number of aryl methyl sites for hydroxylation is 1. The van der Waals surface area contributed by atoms with E-state index >= 15 is 0 Å². The maximum absolute atomic E-state index is 13.4. The number of anilines is 1. The Morgan fingerprint density at radius 2 is 1.83 bits per heavy atom. The van der Waals surface area contributed by atoms with E-state index in [1.807, 2.05) is 6.07 Å². The Kier molecular flexibility index (Phi) is 4.26. The van der Waals surface area contributed by atoms with Gasteiger partial charge in [0.2, 0.25) is 0 Å². The summed E-state index contributed by atoms with van der Waals surface area (Å²) in [5.74, 6) is -0.169. The Morgan fingerprint density at radius 1 is 1.11 bits per heavy atom. The summed E-state index contributed by atoms with van der Waals surface area (Å²) in [4.78, 5) is 1.25. The van der Waals surface area contributed by atoms with Crippen molar-refractivity contribution in [3.63, 3.8) is 0 Å². The van der Waals surface area contributed by atoms with E-state index in [2.05, 4.69) is 35.8 Å². The molecule has 0 aliphatic heterocycles. The minimum atomic E-state index is -0.169. The first-order chi connectivity index (χ1) is 8.69. The summed E-state index contributed by atoms with van der Waals surface area (Å²) in [7, 11) is 0. The predicted molar refractivity (Wildman–Crippen MR) is 76.7 cm³/mol. The number of nitrogens with one attached hydrogen (secondary N) is 1. The molecule has 0 amide bonds. The Morgan fingerprint density at radius 3 is 2.44 bits per heavy atom. The highest BCUT2D eigenvalue weighted by Crippen LogP contribution is 2.17. The van der Waals surface area contributed by atoms with Crippen molar-refractivity contribution in [2.45, 2.75) is 18.4 Å². The second kappa shape index (κ2) is 5.91. The standard InChI is InChI=1S/C15H16FNS/c1-11-3-6-13(9-15(11)16)17-10-12-4-7-14(18-2)8-5-12/h3-9,17H,10H2,1-2H3. The van der Waals surface area contributed by atoms with Crippen molar-refractivity contribution >= 4 is 17.4 Å². The molecule has 0 heterocycles. The van der Waals surface area contributed by atoms with E-state index in [4.69, 9.17) is 0 Å². The van der Waals surface area contributed by atoms with Gasteiger partial charge in [0, 0.05) is 17.1 Å². The van der Waals surface area contributed by atoms with Crippen LogP contribution in [0.2, 0.25) is 0 Å². The first-order valence-electron chi connectivity index (χ1n) is 5.82. The van der Waals surface area contributed by atoms with Crippen LogP contribution in [0.15, 0.2) is 47.4 Å². The molecule has 0 atom stereocenters. The maximum Gasteiger partial charge on any atom is 0.128 e. The van der Waals surface area contributed by atoms with Gasteiger partial charge in [-0.1, -0.05) is 18.2 Å². The second-order valence-electron chi connectivity index (χ2n) is 4.17. The number of rotatable bonds is 4. The third-order valence-corrected chi connectivity index (χ3v) is 3.57. The molecule has 0 bridgehead atoms. The highest BCUT2D eigenvalue weighted by Gasteiger charge is 1.99. The number of halogens is 1. The number of hydrogen-bond acceptors (Lipinski definition) is 2. The summed E-state index contributed by atoms with van der Waals surface area (Å²) >= 11 is 1.73. The van der Waals surface area contributed by atoms with Crippen LogP contribution in [0.5, 0.6) is 0 Å². The minimum absolute atomic E-state index is 0.169. The Balaban J connectivity index is 1.99. The maximum atomic E-state index is 13.4. The third kappa shape index (κ3) is 3.26. The molecule has 0 spiro atoms. The number of hydrogen-bond donors (Lipinski definition) is 1. The van der Waals surface area contributed by atoms with Gasteiger partial charge in [-0.05, 0) is 48.6 Å². The van der Waals surface area contributed by atoms with Gasteiger partial charge >= 0.3 is 0 Å². The lowest BCUT2D eigenvalue weighted by atomic mass is 10.2. The average Bonchev–Trinajstić information content (AvgIpc) is 2.41. The molecule has 0 fully saturated rings. The van der Waals surface area contributed by atoms with Gasteiger partial charge in [-0.25, -0.2) is 4.39 Å². The molecule has 0 radical (unpaired) electrons. The lowest BCUT2D eigenvalue weighted by Gasteiger charge is -2.08. The van der Waals surface area contributed by atoms with E-state index in [1.165, 1.54) is 16.5 Å². The van der Waals surface area contributed by atoms with Gasteiger partial charge in [-0.3, -0.25) is 0 Å². The van der Waals surface area contributed by atoms with Crippen molar-refractivity contribution in [2.75, 3.05) is 11.6 Å². The average molecular weight is 261 g/mol. The highest BCUT2D eigenvalue weighted by molar-refractivity contribution is 7.98. The zero-order valence-electron chi connectivity index (χ0n) is 10.5. The van der Waals surface area contributed by atoms with Crippen LogP contribution < -0.4 is 5.32 Å². The van der Waals surface area contributed by atoms with Crippen LogP contribution in [-0.2, 0) is 6.54 Å². The fourth-order valence-electron chi connectivity index (χ4n) is 1.65. The SMILES string of the molecule is CSc1ccc(CNc2ccc(C)c(F)c2)cc1. The fraction of sp³-hybridized carbons (Fsp3) is 0.200. The van der Waals surface area contributed by atoms with Crippen LogP contribution >= 0.6 is 11.8 Å². The van der Waals surface area contributed by atoms with E-state index in [-0.39, 0.29) is 5.82 Å². The zero-order valence-corrected chi connectivity index (χ0v) is 11.4. The van der Waals surface area contributed by atoms with Crippen molar-refractivity contribution in [1.29, 1.82) is 0 Å². The van der Waals surface area contributed by atoms with Crippen molar-refractivity contribution in [2.24, 2.45) is 0 Å². The monoisotopic (exact) mass is 261 g/mol. The molecule has 0 unspecified atom stereocenters. The van der Waals surface area contributed by atoms with Crippen LogP contribution in [0.4, 0.5) is 10.1 Å². The quantitative estimate of drug-likeness (QED) is 0.815. The van der Waals surface area contributed by atoms with Crippen molar-refractivity contribution in [3.8, 4) is 0 Å². The largest absolute Gasteiger partial charge is 0.381 e. The van der Waals surface area contributed by atoms with E-state index in [9.17, 15) is 4.39 Å². The van der Waals surface area contributed by atoms with Gasteiger partial charge in [0.05, 0.1) is 0 Å². The zero-order chi connectivity index (χ0) is 13.0. The van der Waals surface area contributed by atoms with E-state index in [0.717, 1.165) is 5.69 Å². The molecule has 18 heavy (non-hydrogen) atoms. The smallest absolute Gasteiger partial charge is 0.128 e. The van der Waals surface area contributed by atoms with Gasteiger partial charge in [0.15, 0.2) is 0 Å². The molecule has 1 N–H and O–H groups in total. The second-order valence-corrected chi connectivity index (χ2v) is 5.05. The molecule has 1 nitrogen and oxygen atoms in total.